The molecule has 0 aliphatic carbocycles. The summed E-state index contributed by atoms with van der Waals surface area (Å²) in [6.07, 6.45) is 0. The van der Waals surface area contributed by atoms with Crippen LogP contribution in [0.15, 0.2) is 30.3 Å². The van der Waals surface area contributed by atoms with E-state index in [1.807, 2.05) is 23.7 Å². The maximum absolute atomic E-state index is 12.9. The van der Waals surface area contributed by atoms with Crippen LogP contribution in [0.1, 0.15) is 36.8 Å². The topological polar surface area (TPSA) is 29.9 Å². The summed E-state index contributed by atoms with van der Waals surface area (Å²) in [7, 11) is 0. The molecule has 3 nitrogen and oxygen atoms in total. The van der Waals surface area contributed by atoms with E-state index in [1.165, 1.54) is 17.8 Å². The maximum atomic E-state index is 12.9. The van der Waals surface area contributed by atoms with Crippen LogP contribution in [0.5, 0.6) is 0 Å². The summed E-state index contributed by atoms with van der Waals surface area (Å²) < 4.78 is 14.9. The van der Waals surface area contributed by atoms with E-state index in [1.54, 1.807) is 0 Å². The van der Waals surface area contributed by atoms with E-state index in [9.17, 15) is 4.39 Å². The van der Waals surface area contributed by atoms with E-state index in [2.05, 4.69) is 30.3 Å². The first-order valence-corrected chi connectivity index (χ1v) is 6.62. The van der Waals surface area contributed by atoms with Crippen molar-refractivity contribution in [3.05, 3.63) is 53.1 Å². The summed E-state index contributed by atoms with van der Waals surface area (Å²) in [6, 6.07) is 8.89. The summed E-state index contributed by atoms with van der Waals surface area (Å²) in [5, 5.41) is 7.86. The largest absolute Gasteiger partial charge is 0.305 e. The Balaban J connectivity index is 1.99. The van der Waals surface area contributed by atoms with Crippen LogP contribution in [-0.4, -0.2) is 9.78 Å². The van der Waals surface area contributed by atoms with Crippen molar-refractivity contribution in [1.29, 1.82) is 0 Å². The average Bonchev–Trinajstić information content (AvgIpc) is 2.77. The van der Waals surface area contributed by atoms with Crippen molar-refractivity contribution >= 4 is 0 Å². The van der Waals surface area contributed by atoms with Gasteiger partial charge in [-0.15, -0.1) is 0 Å². The fourth-order valence-electron chi connectivity index (χ4n) is 2.14. The van der Waals surface area contributed by atoms with Gasteiger partial charge in [0.1, 0.15) is 5.82 Å². The van der Waals surface area contributed by atoms with Crippen molar-refractivity contribution in [2.45, 2.75) is 39.9 Å². The molecule has 1 heterocycles. The van der Waals surface area contributed by atoms with Crippen LogP contribution in [0.4, 0.5) is 4.39 Å². The van der Waals surface area contributed by atoms with Gasteiger partial charge in [0.15, 0.2) is 0 Å². The van der Waals surface area contributed by atoms with Gasteiger partial charge in [-0.2, -0.15) is 5.10 Å². The van der Waals surface area contributed by atoms with Crippen molar-refractivity contribution in [2.75, 3.05) is 0 Å². The molecule has 102 valence electrons. The minimum Gasteiger partial charge on any atom is -0.305 e. The Bertz CT molecular complexity index is 531. The number of nitrogens with one attached hydrogen (secondary N) is 1. The zero-order valence-corrected chi connectivity index (χ0v) is 11.7. The van der Waals surface area contributed by atoms with Gasteiger partial charge in [0.05, 0.1) is 11.4 Å². The fraction of sp³-hybridized carbons (Fsp3) is 0.400. The Morgan fingerprint density at radius 1 is 1.32 bits per heavy atom. The van der Waals surface area contributed by atoms with Crippen LogP contribution in [-0.2, 0) is 13.1 Å². The van der Waals surface area contributed by atoms with E-state index in [-0.39, 0.29) is 11.9 Å². The van der Waals surface area contributed by atoms with Gasteiger partial charge in [-0.1, -0.05) is 12.1 Å². The van der Waals surface area contributed by atoms with Gasteiger partial charge in [-0.25, -0.2) is 4.39 Å². The van der Waals surface area contributed by atoms with E-state index in [0.717, 1.165) is 24.3 Å². The lowest BCUT2D eigenvalue weighted by Gasteiger charge is -2.14. The molecule has 4 heteroatoms. The van der Waals surface area contributed by atoms with Crippen molar-refractivity contribution in [3.63, 3.8) is 0 Å². The molecule has 0 saturated carbocycles. The van der Waals surface area contributed by atoms with Crippen LogP contribution in [0.2, 0.25) is 0 Å². The molecular formula is C15H20FN3. The highest BCUT2D eigenvalue weighted by Crippen LogP contribution is 2.14. The van der Waals surface area contributed by atoms with Crippen molar-refractivity contribution < 1.29 is 4.39 Å². The molecule has 1 N–H and O–H groups in total. The molecule has 19 heavy (non-hydrogen) atoms. The highest BCUT2D eigenvalue weighted by molar-refractivity contribution is 5.19. The Hall–Kier alpha value is -1.68. The number of benzene rings is 1. The SMILES string of the molecule is CCn1nc(C)cc1CNC(C)c1ccc(F)cc1. The number of rotatable bonds is 5. The molecule has 1 aromatic heterocycles. The minimum absolute atomic E-state index is 0.182. The number of aromatic nitrogens is 2. The number of halogens is 1. The molecule has 0 radical (unpaired) electrons. The van der Waals surface area contributed by atoms with Crippen LogP contribution in [0, 0.1) is 12.7 Å². The third-order valence-electron chi connectivity index (χ3n) is 3.24. The van der Waals surface area contributed by atoms with Crippen LogP contribution in [0.25, 0.3) is 0 Å². The third-order valence-corrected chi connectivity index (χ3v) is 3.24. The van der Waals surface area contributed by atoms with Gasteiger partial charge in [0.25, 0.3) is 0 Å². The molecule has 0 aliphatic heterocycles. The lowest BCUT2D eigenvalue weighted by molar-refractivity contribution is 0.530. The molecule has 0 amide bonds. The van der Waals surface area contributed by atoms with E-state index < -0.39 is 0 Å². The summed E-state index contributed by atoms with van der Waals surface area (Å²) in [4.78, 5) is 0. The predicted molar refractivity (Wildman–Crippen MR) is 74.3 cm³/mol. The highest BCUT2D eigenvalue weighted by Gasteiger charge is 2.08. The molecule has 0 fully saturated rings. The van der Waals surface area contributed by atoms with E-state index >= 15 is 0 Å². The van der Waals surface area contributed by atoms with Crippen molar-refractivity contribution in [3.8, 4) is 0 Å². The summed E-state index contributed by atoms with van der Waals surface area (Å²) in [5.41, 5.74) is 3.29. The molecule has 1 atom stereocenters. The Morgan fingerprint density at radius 2 is 2.00 bits per heavy atom. The molecule has 2 aromatic rings. The third kappa shape index (κ3) is 3.41. The minimum atomic E-state index is -0.198. The Labute approximate surface area is 113 Å². The number of aryl methyl sites for hydroxylation is 2. The molecule has 2 rings (SSSR count). The van der Waals surface area contributed by atoms with Gasteiger partial charge in [0, 0.05) is 19.1 Å². The molecular weight excluding hydrogens is 241 g/mol. The normalized spacial score (nSPS) is 12.6. The second kappa shape index (κ2) is 5.97. The molecule has 0 aliphatic rings. The molecule has 0 saturated heterocycles. The second-order valence-corrected chi connectivity index (χ2v) is 4.75. The van der Waals surface area contributed by atoms with Crippen LogP contribution in [0.3, 0.4) is 0 Å². The van der Waals surface area contributed by atoms with Gasteiger partial charge in [-0.3, -0.25) is 4.68 Å². The van der Waals surface area contributed by atoms with Crippen LogP contribution < -0.4 is 5.32 Å². The Kier molecular flexibility index (Phi) is 4.32. The zero-order valence-electron chi connectivity index (χ0n) is 11.7. The number of nitrogens with zero attached hydrogens (tertiary/aromatic N) is 2. The number of hydrogen-bond donors (Lipinski definition) is 1. The van der Waals surface area contributed by atoms with Crippen molar-refractivity contribution in [2.24, 2.45) is 0 Å². The Morgan fingerprint density at radius 3 is 2.63 bits per heavy atom. The smallest absolute Gasteiger partial charge is 0.123 e. The first-order chi connectivity index (χ1) is 9.10. The predicted octanol–water partition coefficient (Wildman–Crippen LogP) is 3.20. The standard InChI is InChI=1S/C15H20FN3/c1-4-19-15(9-11(2)18-19)10-17-12(3)13-5-7-14(16)8-6-13/h5-9,12,17H,4,10H2,1-3H3. The first kappa shape index (κ1) is 13.7. The quantitative estimate of drug-likeness (QED) is 0.895. The van der Waals surface area contributed by atoms with Gasteiger partial charge in [-0.05, 0) is 44.5 Å². The van der Waals surface area contributed by atoms with Gasteiger partial charge in [0.2, 0.25) is 0 Å². The average molecular weight is 261 g/mol. The van der Waals surface area contributed by atoms with E-state index in [4.69, 9.17) is 0 Å². The van der Waals surface area contributed by atoms with Crippen LogP contribution >= 0.6 is 0 Å². The van der Waals surface area contributed by atoms with Gasteiger partial charge < -0.3 is 5.32 Å². The fourth-order valence-corrected chi connectivity index (χ4v) is 2.14. The maximum Gasteiger partial charge on any atom is 0.123 e. The summed E-state index contributed by atoms with van der Waals surface area (Å²) in [5.74, 6) is -0.198. The van der Waals surface area contributed by atoms with Crippen molar-refractivity contribution in [1.82, 2.24) is 15.1 Å². The van der Waals surface area contributed by atoms with E-state index in [0.29, 0.717) is 0 Å². The highest BCUT2D eigenvalue weighted by atomic mass is 19.1. The first-order valence-electron chi connectivity index (χ1n) is 6.62. The summed E-state index contributed by atoms with van der Waals surface area (Å²) >= 11 is 0. The molecule has 0 spiro atoms. The monoisotopic (exact) mass is 261 g/mol. The van der Waals surface area contributed by atoms with Gasteiger partial charge >= 0.3 is 0 Å². The molecule has 0 bridgehead atoms. The lowest BCUT2D eigenvalue weighted by Crippen LogP contribution is -2.20. The lowest BCUT2D eigenvalue weighted by atomic mass is 10.1. The summed E-state index contributed by atoms with van der Waals surface area (Å²) in [6.45, 7) is 7.79. The molecule has 1 unspecified atom stereocenters. The zero-order chi connectivity index (χ0) is 13.8. The second-order valence-electron chi connectivity index (χ2n) is 4.75. The number of hydrogen-bond acceptors (Lipinski definition) is 2. The molecule has 1 aromatic carbocycles.